The fourth-order valence-corrected chi connectivity index (χ4v) is 3.38. The highest BCUT2D eigenvalue weighted by atomic mass is 16.6. The van der Waals surface area contributed by atoms with Crippen molar-refractivity contribution in [2.45, 2.75) is 6.10 Å². The number of nitrogens with zero attached hydrogens (tertiary/aromatic N) is 4. The third-order valence-electron chi connectivity index (χ3n) is 4.87. The lowest BCUT2D eigenvalue weighted by atomic mass is 10.1. The Morgan fingerprint density at radius 3 is 2.62 bits per heavy atom. The number of nitrogens with one attached hydrogen (secondary N) is 1. The Hall–Kier alpha value is -3.53. The Morgan fingerprint density at radius 1 is 1.21 bits per heavy atom. The molecule has 0 bridgehead atoms. The van der Waals surface area contributed by atoms with Crippen LogP contribution in [0.1, 0.15) is 11.7 Å². The Labute approximate surface area is 166 Å². The van der Waals surface area contributed by atoms with E-state index in [0.29, 0.717) is 31.7 Å². The number of pyridine rings is 1. The molecule has 4 rings (SSSR count). The molecular formula is C19H19N5O5. The largest absolute Gasteiger partial charge is 0.469 e. The molecule has 1 aromatic carbocycles. The van der Waals surface area contributed by atoms with Gasteiger partial charge in [0.15, 0.2) is 5.75 Å². The number of ether oxygens (including phenoxy) is 1. The lowest BCUT2D eigenvalue weighted by Crippen LogP contribution is -2.52. The molecule has 29 heavy (non-hydrogen) atoms. The number of rotatable bonds is 4. The zero-order chi connectivity index (χ0) is 20.4. The number of carbonyl (C=O) groups excluding carboxylic acids is 2. The first kappa shape index (κ1) is 18.8. The molecule has 0 saturated carbocycles. The van der Waals surface area contributed by atoms with Crippen LogP contribution in [0.25, 0.3) is 0 Å². The molecule has 1 saturated heterocycles. The molecule has 10 heteroatoms. The summed E-state index contributed by atoms with van der Waals surface area (Å²) in [5.41, 5.74) is 0.626. The van der Waals surface area contributed by atoms with Gasteiger partial charge in [-0.1, -0.05) is 30.3 Å². The van der Waals surface area contributed by atoms with Crippen molar-refractivity contribution >= 4 is 23.5 Å². The number of benzene rings is 1. The molecule has 1 N–H and O–H groups in total. The summed E-state index contributed by atoms with van der Waals surface area (Å²) >= 11 is 0. The van der Waals surface area contributed by atoms with Gasteiger partial charge in [0.2, 0.25) is 12.0 Å². The van der Waals surface area contributed by atoms with Crippen molar-refractivity contribution in [1.29, 1.82) is 0 Å². The second-order valence-electron chi connectivity index (χ2n) is 6.71. The van der Waals surface area contributed by atoms with Crippen molar-refractivity contribution < 1.29 is 19.2 Å². The minimum atomic E-state index is -0.956. The number of nitro groups is 1. The topological polar surface area (TPSA) is 118 Å². The first-order valence-electron chi connectivity index (χ1n) is 9.21. The van der Waals surface area contributed by atoms with Gasteiger partial charge in [-0.15, -0.1) is 0 Å². The van der Waals surface area contributed by atoms with Crippen LogP contribution in [0.15, 0.2) is 42.5 Å². The van der Waals surface area contributed by atoms with E-state index in [1.165, 1.54) is 17.0 Å². The lowest BCUT2D eigenvalue weighted by molar-refractivity contribution is -0.389. The molecule has 1 atom stereocenters. The summed E-state index contributed by atoms with van der Waals surface area (Å²) in [5.74, 6) is -0.942. The van der Waals surface area contributed by atoms with Crippen LogP contribution < -0.4 is 15.0 Å². The van der Waals surface area contributed by atoms with Crippen molar-refractivity contribution in [1.82, 2.24) is 15.2 Å². The standard InChI is InChI=1S/C19H19N5O5/c25-16(22-10-8-20-9-11-22)12-23-18-14(6-7-15(21-18)24(27)28)29-17(19(23)26)13-4-2-1-3-5-13/h1-7,17,20H,8-12H2. The summed E-state index contributed by atoms with van der Waals surface area (Å²) in [5, 5.41) is 14.3. The number of amides is 2. The van der Waals surface area contributed by atoms with Gasteiger partial charge in [0, 0.05) is 37.8 Å². The highest BCUT2D eigenvalue weighted by Gasteiger charge is 2.41. The number of fused-ring (bicyclic) bond motifs is 1. The zero-order valence-corrected chi connectivity index (χ0v) is 15.5. The molecule has 0 aliphatic carbocycles. The van der Waals surface area contributed by atoms with E-state index in [0.717, 1.165) is 0 Å². The Kier molecular flexibility index (Phi) is 5.09. The van der Waals surface area contributed by atoms with E-state index < -0.39 is 22.8 Å². The quantitative estimate of drug-likeness (QED) is 0.601. The first-order chi connectivity index (χ1) is 14.0. The van der Waals surface area contributed by atoms with Crippen molar-refractivity contribution in [3.8, 4) is 5.75 Å². The Bertz CT molecular complexity index is 945. The molecule has 3 heterocycles. The van der Waals surface area contributed by atoms with Gasteiger partial charge >= 0.3 is 5.82 Å². The van der Waals surface area contributed by atoms with E-state index >= 15 is 0 Å². The van der Waals surface area contributed by atoms with Crippen LogP contribution in [0.5, 0.6) is 5.75 Å². The minimum Gasteiger partial charge on any atom is -0.469 e. The normalized spacial score (nSPS) is 18.8. The van der Waals surface area contributed by atoms with E-state index in [9.17, 15) is 19.7 Å². The summed E-state index contributed by atoms with van der Waals surface area (Å²) in [6.45, 7) is 2.17. The molecule has 1 unspecified atom stereocenters. The molecule has 1 aromatic heterocycles. The second kappa shape index (κ2) is 7.84. The summed E-state index contributed by atoms with van der Waals surface area (Å²) in [7, 11) is 0. The maximum atomic E-state index is 13.2. The third-order valence-corrected chi connectivity index (χ3v) is 4.87. The fourth-order valence-electron chi connectivity index (χ4n) is 3.38. The van der Waals surface area contributed by atoms with Crippen LogP contribution in [0.2, 0.25) is 0 Å². The molecular weight excluding hydrogens is 378 g/mol. The fraction of sp³-hybridized carbons (Fsp3) is 0.316. The number of carbonyl (C=O) groups is 2. The van der Waals surface area contributed by atoms with E-state index in [2.05, 4.69) is 10.3 Å². The van der Waals surface area contributed by atoms with E-state index in [4.69, 9.17) is 4.74 Å². The van der Waals surface area contributed by atoms with Gasteiger partial charge in [0.1, 0.15) is 6.54 Å². The highest BCUT2D eigenvalue weighted by molar-refractivity contribution is 6.03. The van der Waals surface area contributed by atoms with Crippen LogP contribution in [-0.2, 0) is 9.59 Å². The van der Waals surface area contributed by atoms with Gasteiger partial charge in [-0.25, -0.2) is 0 Å². The summed E-state index contributed by atoms with van der Waals surface area (Å²) < 4.78 is 5.81. The predicted molar refractivity (Wildman–Crippen MR) is 103 cm³/mol. The van der Waals surface area contributed by atoms with Gasteiger partial charge in [0.25, 0.3) is 11.7 Å². The summed E-state index contributed by atoms with van der Waals surface area (Å²) in [6, 6.07) is 11.5. The van der Waals surface area contributed by atoms with Gasteiger partial charge in [-0.05, 0) is 16.0 Å². The summed E-state index contributed by atoms with van der Waals surface area (Å²) in [4.78, 5) is 43.3. The van der Waals surface area contributed by atoms with E-state index in [1.807, 2.05) is 6.07 Å². The predicted octanol–water partition coefficient (Wildman–Crippen LogP) is 0.888. The van der Waals surface area contributed by atoms with E-state index in [1.54, 1.807) is 29.2 Å². The molecule has 2 aliphatic heterocycles. The molecule has 150 valence electrons. The number of piperazine rings is 1. The molecule has 2 aliphatic rings. The van der Waals surface area contributed by atoms with Crippen LogP contribution in [0.4, 0.5) is 11.6 Å². The lowest BCUT2D eigenvalue weighted by Gasteiger charge is -2.33. The van der Waals surface area contributed by atoms with Gasteiger partial charge < -0.3 is 25.1 Å². The molecule has 10 nitrogen and oxygen atoms in total. The van der Waals surface area contributed by atoms with Crippen molar-refractivity contribution in [3.05, 3.63) is 58.1 Å². The molecule has 0 spiro atoms. The molecule has 2 amide bonds. The summed E-state index contributed by atoms with van der Waals surface area (Å²) in [6.07, 6.45) is -0.956. The smallest absolute Gasteiger partial charge is 0.366 e. The van der Waals surface area contributed by atoms with Crippen molar-refractivity contribution in [2.75, 3.05) is 37.6 Å². The van der Waals surface area contributed by atoms with Gasteiger partial charge in [0.05, 0.1) is 0 Å². The van der Waals surface area contributed by atoms with Crippen LogP contribution in [0.3, 0.4) is 0 Å². The Balaban J connectivity index is 1.69. The Morgan fingerprint density at radius 2 is 1.93 bits per heavy atom. The monoisotopic (exact) mass is 397 g/mol. The maximum absolute atomic E-state index is 13.2. The zero-order valence-electron chi connectivity index (χ0n) is 15.5. The molecule has 1 fully saturated rings. The number of aromatic nitrogens is 1. The average Bonchev–Trinajstić information content (AvgIpc) is 2.76. The average molecular weight is 397 g/mol. The van der Waals surface area contributed by atoms with Crippen molar-refractivity contribution in [2.24, 2.45) is 0 Å². The van der Waals surface area contributed by atoms with E-state index in [-0.39, 0.29) is 24.0 Å². The van der Waals surface area contributed by atoms with Crippen LogP contribution >= 0.6 is 0 Å². The second-order valence-corrected chi connectivity index (χ2v) is 6.71. The van der Waals surface area contributed by atoms with Crippen LogP contribution in [0, 0.1) is 10.1 Å². The van der Waals surface area contributed by atoms with Crippen LogP contribution in [-0.4, -0.2) is 59.3 Å². The van der Waals surface area contributed by atoms with Crippen molar-refractivity contribution in [3.63, 3.8) is 0 Å². The first-order valence-corrected chi connectivity index (χ1v) is 9.21. The third kappa shape index (κ3) is 3.74. The maximum Gasteiger partial charge on any atom is 0.366 e. The number of hydrogen-bond acceptors (Lipinski definition) is 7. The van der Waals surface area contributed by atoms with Gasteiger partial charge in [-0.3, -0.25) is 14.5 Å². The number of hydrogen-bond donors (Lipinski definition) is 1. The minimum absolute atomic E-state index is 0.0140. The SMILES string of the molecule is O=C(CN1C(=O)C(c2ccccc2)Oc2ccc([N+](=O)[O-])nc21)N1CCNCC1. The highest BCUT2D eigenvalue weighted by Crippen LogP contribution is 2.38. The molecule has 2 aromatic rings. The molecule has 0 radical (unpaired) electrons. The number of anilines is 1. The van der Waals surface area contributed by atoms with Gasteiger partial charge in [-0.2, -0.15) is 0 Å².